The Morgan fingerprint density at radius 1 is 0.949 bits per heavy atom. The van der Waals surface area contributed by atoms with Gasteiger partial charge < -0.3 is 5.32 Å². The minimum atomic E-state index is -0.165. The van der Waals surface area contributed by atoms with Crippen LogP contribution in [0.5, 0.6) is 0 Å². The zero-order valence-electron chi connectivity index (χ0n) is 20.5. The van der Waals surface area contributed by atoms with Gasteiger partial charge in [0.15, 0.2) is 16.7 Å². The third-order valence-electron chi connectivity index (χ3n) is 5.75. The Labute approximate surface area is 251 Å². The molecule has 0 aliphatic carbocycles. The lowest BCUT2D eigenvalue weighted by atomic mass is 10.2. The lowest BCUT2D eigenvalue weighted by Crippen LogP contribution is -2.14. The van der Waals surface area contributed by atoms with Gasteiger partial charge in [-0.3, -0.25) is 9.36 Å². The van der Waals surface area contributed by atoms with Gasteiger partial charge in [-0.05, 0) is 61.9 Å². The first-order chi connectivity index (χ1) is 18.7. The van der Waals surface area contributed by atoms with Gasteiger partial charge in [-0.1, -0.05) is 85.9 Å². The highest BCUT2D eigenvalue weighted by Crippen LogP contribution is 2.34. The number of hydrogen-bond donors (Lipinski definition) is 1. The van der Waals surface area contributed by atoms with Crippen LogP contribution in [0.3, 0.4) is 0 Å². The highest BCUT2D eigenvalue weighted by Gasteiger charge is 2.23. The molecule has 0 saturated carbocycles. The minimum absolute atomic E-state index is 0.130. The van der Waals surface area contributed by atoms with Crippen molar-refractivity contribution in [3.63, 3.8) is 0 Å². The van der Waals surface area contributed by atoms with Crippen molar-refractivity contribution in [2.45, 2.75) is 19.0 Å². The molecule has 198 valence electrons. The van der Waals surface area contributed by atoms with Gasteiger partial charge in [-0.25, -0.2) is 4.68 Å². The van der Waals surface area contributed by atoms with Gasteiger partial charge in [0, 0.05) is 15.8 Å². The van der Waals surface area contributed by atoms with E-state index in [1.807, 2.05) is 66.9 Å². The summed E-state index contributed by atoms with van der Waals surface area (Å²) in [6.45, 7) is 3.81. The van der Waals surface area contributed by atoms with Crippen LogP contribution in [-0.4, -0.2) is 41.4 Å². The second kappa shape index (κ2) is 11.7. The maximum atomic E-state index is 12.7. The number of rotatable bonds is 7. The fourth-order valence-corrected chi connectivity index (χ4v) is 5.43. The lowest BCUT2D eigenvalue weighted by molar-refractivity contribution is -0.113. The van der Waals surface area contributed by atoms with E-state index in [0.717, 1.165) is 21.4 Å². The summed E-state index contributed by atoms with van der Waals surface area (Å²) >= 11 is 23.5. The number of carbonyl (C=O) groups excluding carboxylic acids is 1. The van der Waals surface area contributed by atoms with E-state index in [1.54, 1.807) is 16.8 Å². The predicted molar refractivity (Wildman–Crippen MR) is 160 cm³/mol. The highest BCUT2D eigenvalue weighted by atomic mass is 79.9. The maximum absolute atomic E-state index is 12.7. The van der Waals surface area contributed by atoms with E-state index < -0.39 is 0 Å². The average molecular weight is 664 g/mol. The van der Waals surface area contributed by atoms with Crippen molar-refractivity contribution in [3.05, 3.63) is 91.5 Å². The smallest absolute Gasteiger partial charge is 0.234 e. The summed E-state index contributed by atoms with van der Waals surface area (Å²) in [4.78, 5) is 12.7. The molecule has 1 amide bonds. The largest absolute Gasteiger partial charge is 0.325 e. The Kier molecular flexibility index (Phi) is 8.29. The van der Waals surface area contributed by atoms with Crippen LogP contribution in [-0.2, 0) is 4.79 Å². The molecule has 8 nitrogen and oxygen atoms in total. The zero-order valence-corrected chi connectivity index (χ0v) is 25.2. The second-order valence-corrected chi connectivity index (χ2v) is 11.4. The average Bonchev–Trinajstić information content (AvgIpc) is 3.50. The molecule has 39 heavy (non-hydrogen) atoms. The number of aryl methyl sites for hydroxylation is 1. The van der Waals surface area contributed by atoms with Crippen LogP contribution in [0, 0.1) is 13.8 Å². The molecular weight excluding hydrogens is 645 g/mol. The molecule has 0 fully saturated rings. The van der Waals surface area contributed by atoms with Crippen LogP contribution in [0.2, 0.25) is 15.1 Å². The van der Waals surface area contributed by atoms with Crippen molar-refractivity contribution >= 4 is 74.1 Å². The monoisotopic (exact) mass is 661 g/mol. The summed E-state index contributed by atoms with van der Waals surface area (Å²) in [5.41, 5.74) is 4.25. The van der Waals surface area contributed by atoms with E-state index in [-0.39, 0.29) is 11.7 Å². The van der Waals surface area contributed by atoms with E-state index >= 15 is 0 Å². The SMILES string of the molecule is Cc1cc(NC(=O)CSc2nnc(-c3nnn(-c4cc(Cl)c(Cl)cc4Cl)c3C)n2-c2ccccc2)ccc1Br. The molecular formula is C26H19BrCl3N7OS. The van der Waals surface area contributed by atoms with Crippen LogP contribution in [0.25, 0.3) is 22.9 Å². The van der Waals surface area contributed by atoms with Crippen molar-refractivity contribution in [2.24, 2.45) is 0 Å². The third kappa shape index (κ3) is 5.85. The summed E-state index contributed by atoms with van der Waals surface area (Å²) in [6, 6.07) is 18.4. The molecule has 0 spiro atoms. The molecule has 0 unspecified atom stereocenters. The summed E-state index contributed by atoms with van der Waals surface area (Å²) in [5, 5.41) is 22.0. The zero-order chi connectivity index (χ0) is 27.7. The van der Waals surface area contributed by atoms with Gasteiger partial charge in [0.25, 0.3) is 0 Å². The molecule has 0 saturated heterocycles. The van der Waals surface area contributed by atoms with Crippen molar-refractivity contribution < 1.29 is 4.79 Å². The molecule has 5 aromatic rings. The van der Waals surface area contributed by atoms with Crippen molar-refractivity contribution in [1.82, 2.24) is 29.8 Å². The van der Waals surface area contributed by atoms with E-state index in [2.05, 4.69) is 41.8 Å². The molecule has 13 heteroatoms. The quantitative estimate of drug-likeness (QED) is 0.143. The number of aromatic nitrogens is 6. The van der Waals surface area contributed by atoms with Crippen LogP contribution >= 0.6 is 62.5 Å². The molecule has 5 rings (SSSR count). The number of amides is 1. The van der Waals surface area contributed by atoms with Gasteiger partial charge in [-0.2, -0.15) is 0 Å². The maximum Gasteiger partial charge on any atom is 0.234 e. The normalized spacial score (nSPS) is 11.1. The Hall–Kier alpha value is -2.89. The molecule has 0 aliphatic rings. The van der Waals surface area contributed by atoms with Crippen LogP contribution in [0.1, 0.15) is 11.3 Å². The first-order valence-electron chi connectivity index (χ1n) is 11.5. The molecule has 2 aromatic heterocycles. The minimum Gasteiger partial charge on any atom is -0.325 e. The number of carbonyl (C=O) groups is 1. The number of hydrogen-bond acceptors (Lipinski definition) is 6. The molecule has 0 atom stereocenters. The molecule has 0 bridgehead atoms. The van der Waals surface area contributed by atoms with E-state index in [4.69, 9.17) is 34.8 Å². The first-order valence-corrected chi connectivity index (χ1v) is 14.4. The fraction of sp³-hybridized carbons (Fsp3) is 0.115. The number of halogens is 4. The molecule has 0 aliphatic heterocycles. The summed E-state index contributed by atoms with van der Waals surface area (Å²) < 4.78 is 4.40. The Morgan fingerprint density at radius 3 is 2.44 bits per heavy atom. The van der Waals surface area contributed by atoms with Crippen LogP contribution in [0.4, 0.5) is 5.69 Å². The van der Waals surface area contributed by atoms with Gasteiger partial charge in [0.05, 0.1) is 32.2 Å². The van der Waals surface area contributed by atoms with Gasteiger partial charge in [0.1, 0.15) is 0 Å². The van der Waals surface area contributed by atoms with E-state index in [9.17, 15) is 4.79 Å². The standard InChI is InChI=1S/C26H19BrCl3N7OS/c1-14-10-16(8-9-18(14)27)31-23(38)13-39-26-34-33-25(36(26)17-6-4-3-5-7-17)24-15(2)37(35-32-24)22-12-20(29)19(28)11-21(22)30/h3-12H,13H2,1-2H3,(H,31,38). The highest BCUT2D eigenvalue weighted by molar-refractivity contribution is 9.10. The van der Waals surface area contributed by atoms with Gasteiger partial charge in [-0.15, -0.1) is 15.3 Å². The van der Waals surface area contributed by atoms with Crippen molar-refractivity contribution in [2.75, 3.05) is 11.1 Å². The summed E-state index contributed by atoms with van der Waals surface area (Å²) in [6.07, 6.45) is 0. The second-order valence-electron chi connectivity index (χ2n) is 8.43. The van der Waals surface area contributed by atoms with E-state index in [1.165, 1.54) is 11.8 Å². The number of nitrogens with zero attached hydrogens (tertiary/aromatic N) is 6. The molecule has 0 radical (unpaired) electrons. The number of benzene rings is 3. The Morgan fingerprint density at radius 2 is 1.69 bits per heavy atom. The molecule has 2 heterocycles. The predicted octanol–water partition coefficient (Wildman–Crippen LogP) is 7.59. The number of anilines is 1. The molecule has 1 N–H and O–H groups in total. The first kappa shape index (κ1) is 27.7. The number of para-hydroxylation sites is 1. The molecule has 3 aromatic carbocycles. The van der Waals surface area contributed by atoms with Gasteiger partial charge >= 0.3 is 0 Å². The Balaban J connectivity index is 1.47. The van der Waals surface area contributed by atoms with Crippen LogP contribution < -0.4 is 5.32 Å². The van der Waals surface area contributed by atoms with Gasteiger partial charge in [0.2, 0.25) is 5.91 Å². The third-order valence-corrected chi connectivity index (χ3v) is 8.59. The number of nitrogens with one attached hydrogen (secondary N) is 1. The lowest BCUT2D eigenvalue weighted by Gasteiger charge is -2.11. The van der Waals surface area contributed by atoms with Crippen LogP contribution in [0.15, 0.2) is 70.3 Å². The summed E-state index contributed by atoms with van der Waals surface area (Å²) in [5.74, 6) is 0.430. The summed E-state index contributed by atoms with van der Waals surface area (Å²) in [7, 11) is 0. The fourth-order valence-electron chi connectivity index (χ4n) is 3.82. The van der Waals surface area contributed by atoms with Crippen molar-refractivity contribution in [1.29, 1.82) is 0 Å². The number of thioether (sulfide) groups is 1. The van der Waals surface area contributed by atoms with Crippen molar-refractivity contribution in [3.8, 4) is 22.9 Å². The Bertz CT molecular complexity index is 1690. The van der Waals surface area contributed by atoms with E-state index in [0.29, 0.717) is 43.1 Å². The topological polar surface area (TPSA) is 90.5 Å².